The molecule has 0 saturated carbocycles. The van der Waals surface area contributed by atoms with E-state index in [0.29, 0.717) is 29.5 Å². The molecule has 0 fully saturated rings. The van der Waals surface area contributed by atoms with Gasteiger partial charge in [0.2, 0.25) is 0 Å². The van der Waals surface area contributed by atoms with Gasteiger partial charge >= 0.3 is 0 Å². The zero-order chi connectivity index (χ0) is 16.2. The van der Waals surface area contributed by atoms with Crippen molar-refractivity contribution in [2.24, 2.45) is 10.2 Å². The molecule has 3 rings (SSSR count). The molecule has 0 unspecified atom stereocenters. The second-order valence-electron chi connectivity index (χ2n) is 4.80. The molecular formula is C17H15BrN2O3. The Morgan fingerprint density at radius 3 is 2.65 bits per heavy atom. The number of fused-ring (bicyclic) bond motifs is 1. The number of benzene rings is 2. The number of ether oxygens (including phenoxy) is 3. The number of rotatable bonds is 4. The largest absolute Gasteiger partial charge is 0.494 e. The van der Waals surface area contributed by atoms with Gasteiger partial charge < -0.3 is 14.2 Å². The monoisotopic (exact) mass is 374 g/mol. The molecule has 1 heterocycles. The first-order chi connectivity index (χ1) is 11.2. The van der Waals surface area contributed by atoms with Crippen molar-refractivity contribution in [3.63, 3.8) is 0 Å². The molecule has 1 aliphatic rings. The molecule has 0 amide bonds. The van der Waals surface area contributed by atoms with Gasteiger partial charge in [0.25, 0.3) is 0 Å². The summed E-state index contributed by atoms with van der Waals surface area (Å²) >= 11 is 3.40. The van der Waals surface area contributed by atoms with Gasteiger partial charge in [-0.05, 0) is 30.3 Å². The molecule has 0 spiro atoms. The Kier molecular flexibility index (Phi) is 4.62. The topological polar surface area (TPSA) is 52.4 Å². The van der Waals surface area contributed by atoms with Crippen LogP contribution in [0.2, 0.25) is 0 Å². The second kappa shape index (κ2) is 6.83. The van der Waals surface area contributed by atoms with Crippen LogP contribution in [-0.2, 0) is 0 Å². The highest BCUT2D eigenvalue weighted by Gasteiger charge is 2.14. The third-order valence-electron chi connectivity index (χ3n) is 3.32. The molecule has 0 radical (unpaired) electrons. The normalized spacial score (nSPS) is 12.8. The molecule has 1 aliphatic heterocycles. The van der Waals surface area contributed by atoms with E-state index in [4.69, 9.17) is 14.2 Å². The maximum atomic E-state index is 5.60. The molecule has 0 aromatic heterocycles. The standard InChI is InChI=1S/C17H15BrN2O3/c1-21-15-9-12(18)5-6-14(15)20-19-13-8-11-4-3-7-23-17(11)16(10-13)22-2/h3-6,8-10H,7H2,1-2H3. The van der Waals surface area contributed by atoms with Crippen molar-refractivity contribution >= 4 is 33.4 Å². The predicted octanol–water partition coefficient (Wildman–Crippen LogP) is 5.29. The third kappa shape index (κ3) is 3.37. The Labute approximate surface area is 142 Å². The summed E-state index contributed by atoms with van der Waals surface area (Å²) in [4.78, 5) is 0. The molecule has 2 aromatic rings. The summed E-state index contributed by atoms with van der Waals surface area (Å²) in [6.45, 7) is 0.542. The molecular weight excluding hydrogens is 360 g/mol. The van der Waals surface area contributed by atoms with E-state index in [1.54, 1.807) is 20.3 Å². The Balaban J connectivity index is 1.96. The summed E-state index contributed by atoms with van der Waals surface area (Å²) in [7, 11) is 3.21. The van der Waals surface area contributed by atoms with Crippen LogP contribution in [0.5, 0.6) is 17.2 Å². The molecule has 5 nitrogen and oxygen atoms in total. The smallest absolute Gasteiger partial charge is 0.168 e. The maximum Gasteiger partial charge on any atom is 0.168 e. The number of halogens is 1. The van der Waals surface area contributed by atoms with E-state index in [0.717, 1.165) is 15.8 Å². The molecule has 118 valence electrons. The van der Waals surface area contributed by atoms with Crippen LogP contribution in [0.1, 0.15) is 5.56 Å². The van der Waals surface area contributed by atoms with E-state index in [2.05, 4.69) is 26.2 Å². The SMILES string of the molecule is COc1cc(Br)ccc1N=Nc1cc2c(c(OC)c1)OCC=C2. The molecule has 23 heavy (non-hydrogen) atoms. The van der Waals surface area contributed by atoms with E-state index in [1.807, 2.05) is 36.4 Å². The molecule has 0 bridgehead atoms. The summed E-state index contributed by atoms with van der Waals surface area (Å²) in [5, 5.41) is 8.56. The lowest BCUT2D eigenvalue weighted by atomic mass is 10.1. The van der Waals surface area contributed by atoms with Crippen LogP contribution in [0.15, 0.2) is 51.1 Å². The number of hydrogen-bond donors (Lipinski definition) is 0. The van der Waals surface area contributed by atoms with Crippen LogP contribution in [0, 0.1) is 0 Å². The summed E-state index contributed by atoms with van der Waals surface area (Å²) in [6.07, 6.45) is 3.93. The van der Waals surface area contributed by atoms with Gasteiger partial charge in [-0.25, -0.2) is 0 Å². The van der Waals surface area contributed by atoms with Crippen LogP contribution in [0.25, 0.3) is 6.08 Å². The summed E-state index contributed by atoms with van der Waals surface area (Å²) in [6, 6.07) is 9.28. The van der Waals surface area contributed by atoms with E-state index in [9.17, 15) is 0 Å². The number of methoxy groups -OCH3 is 2. The average molecular weight is 375 g/mol. The summed E-state index contributed by atoms with van der Waals surface area (Å²) < 4.78 is 17.2. The van der Waals surface area contributed by atoms with Crippen LogP contribution in [0.3, 0.4) is 0 Å². The number of hydrogen-bond acceptors (Lipinski definition) is 5. The van der Waals surface area contributed by atoms with E-state index in [-0.39, 0.29) is 0 Å². The van der Waals surface area contributed by atoms with Gasteiger partial charge in [-0.1, -0.05) is 22.0 Å². The van der Waals surface area contributed by atoms with Gasteiger partial charge in [0, 0.05) is 16.1 Å². The number of azo groups is 1. The van der Waals surface area contributed by atoms with E-state index < -0.39 is 0 Å². The van der Waals surface area contributed by atoms with Crippen molar-refractivity contribution in [3.8, 4) is 17.2 Å². The highest BCUT2D eigenvalue weighted by Crippen LogP contribution is 2.39. The average Bonchev–Trinajstić information content (AvgIpc) is 2.59. The van der Waals surface area contributed by atoms with Gasteiger partial charge in [0.15, 0.2) is 11.5 Å². The van der Waals surface area contributed by atoms with E-state index in [1.165, 1.54) is 0 Å². The minimum atomic E-state index is 0.542. The first-order valence-electron chi connectivity index (χ1n) is 6.98. The first-order valence-corrected chi connectivity index (χ1v) is 7.77. The van der Waals surface area contributed by atoms with Crippen molar-refractivity contribution in [2.45, 2.75) is 0 Å². The van der Waals surface area contributed by atoms with Crippen molar-refractivity contribution in [1.29, 1.82) is 0 Å². The Bertz CT molecular complexity index is 788. The zero-order valence-electron chi connectivity index (χ0n) is 12.7. The van der Waals surface area contributed by atoms with Crippen molar-refractivity contribution in [3.05, 3.63) is 46.4 Å². The lowest BCUT2D eigenvalue weighted by Gasteiger charge is -2.16. The van der Waals surface area contributed by atoms with Gasteiger partial charge in [-0.2, -0.15) is 5.11 Å². The number of nitrogens with zero attached hydrogens (tertiary/aromatic N) is 2. The third-order valence-corrected chi connectivity index (χ3v) is 3.82. The van der Waals surface area contributed by atoms with Crippen LogP contribution >= 0.6 is 15.9 Å². The van der Waals surface area contributed by atoms with Crippen molar-refractivity contribution in [2.75, 3.05) is 20.8 Å². The quantitative estimate of drug-likeness (QED) is 0.683. The van der Waals surface area contributed by atoms with Crippen LogP contribution in [-0.4, -0.2) is 20.8 Å². The fourth-order valence-electron chi connectivity index (χ4n) is 2.25. The summed E-state index contributed by atoms with van der Waals surface area (Å²) in [5.74, 6) is 2.02. The lowest BCUT2D eigenvalue weighted by Crippen LogP contribution is -2.02. The molecule has 2 aromatic carbocycles. The second-order valence-corrected chi connectivity index (χ2v) is 5.71. The molecule has 0 N–H and O–H groups in total. The first kappa shape index (κ1) is 15.6. The fourth-order valence-corrected chi connectivity index (χ4v) is 2.59. The minimum Gasteiger partial charge on any atom is -0.494 e. The highest BCUT2D eigenvalue weighted by molar-refractivity contribution is 9.10. The van der Waals surface area contributed by atoms with Gasteiger partial charge in [-0.15, -0.1) is 5.11 Å². The Morgan fingerprint density at radius 2 is 1.87 bits per heavy atom. The Morgan fingerprint density at radius 1 is 1.04 bits per heavy atom. The fraction of sp³-hybridized carbons (Fsp3) is 0.176. The van der Waals surface area contributed by atoms with Crippen molar-refractivity contribution < 1.29 is 14.2 Å². The van der Waals surface area contributed by atoms with Gasteiger partial charge in [0.05, 0.1) is 19.9 Å². The van der Waals surface area contributed by atoms with Crippen molar-refractivity contribution in [1.82, 2.24) is 0 Å². The maximum absolute atomic E-state index is 5.60. The lowest BCUT2D eigenvalue weighted by molar-refractivity contribution is 0.323. The highest BCUT2D eigenvalue weighted by atomic mass is 79.9. The summed E-state index contributed by atoms with van der Waals surface area (Å²) in [5.41, 5.74) is 2.26. The van der Waals surface area contributed by atoms with E-state index >= 15 is 0 Å². The minimum absolute atomic E-state index is 0.542. The van der Waals surface area contributed by atoms with Crippen LogP contribution in [0.4, 0.5) is 11.4 Å². The Hall–Kier alpha value is -2.34. The van der Waals surface area contributed by atoms with Gasteiger partial charge in [-0.3, -0.25) is 0 Å². The van der Waals surface area contributed by atoms with Gasteiger partial charge in [0.1, 0.15) is 18.0 Å². The molecule has 6 heteroatoms. The molecule has 0 atom stereocenters. The predicted molar refractivity (Wildman–Crippen MR) is 92.4 cm³/mol. The molecule has 0 saturated heterocycles. The van der Waals surface area contributed by atoms with Crippen LogP contribution < -0.4 is 14.2 Å². The zero-order valence-corrected chi connectivity index (χ0v) is 14.3. The molecule has 0 aliphatic carbocycles.